The Morgan fingerprint density at radius 2 is 1.89 bits per heavy atom. The highest BCUT2D eigenvalue weighted by atomic mass is 79.9. The van der Waals surface area contributed by atoms with Crippen LogP contribution in [0.1, 0.15) is 17.2 Å². The molecule has 0 spiro atoms. The largest absolute Gasteiger partial charge is 0.309 e. The Balaban J connectivity index is 2.53. The maximum Gasteiger partial charge on any atom is 0.142 e. The third kappa shape index (κ3) is 2.96. The molecular formula is C14H11BrClF2N. The van der Waals surface area contributed by atoms with Crippen molar-refractivity contribution in [3.8, 4) is 0 Å². The van der Waals surface area contributed by atoms with Gasteiger partial charge in [0.1, 0.15) is 11.6 Å². The first-order chi connectivity index (χ1) is 9.04. The van der Waals surface area contributed by atoms with Crippen LogP contribution in [0.2, 0.25) is 5.02 Å². The smallest absolute Gasteiger partial charge is 0.142 e. The van der Waals surface area contributed by atoms with Gasteiger partial charge in [0, 0.05) is 10.6 Å². The molecule has 0 saturated carbocycles. The molecule has 0 bridgehead atoms. The lowest BCUT2D eigenvalue weighted by atomic mass is 9.98. The lowest BCUT2D eigenvalue weighted by Crippen LogP contribution is -2.19. The molecule has 0 aromatic heterocycles. The molecule has 0 fully saturated rings. The minimum Gasteiger partial charge on any atom is -0.309 e. The fourth-order valence-electron chi connectivity index (χ4n) is 1.96. The van der Waals surface area contributed by atoms with E-state index in [9.17, 15) is 8.78 Å². The Kier molecular flexibility index (Phi) is 4.55. The van der Waals surface area contributed by atoms with Crippen molar-refractivity contribution >= 4 is 27.5 Å². The minimum atomic E-state index is -0.439. The summed E-state index contributed by atoms with van der Waals surface area (Å²) < 4.78 is 27.6. The van der Waals surface area contributed by atoms with Crippen LogP contribution >= 0.6 is 27.5 Å². The van der Waals surface area contributed by atoms with Crippen LogP contribution in [0.4, 0.5) is 8.78 Å². The van der Waals surface area contributed by atoms with Crippen molar-refractivity contribution in [2.75, 3.05) is 7.05 Å². The second kappa shape index (κ2) is 5.99. The molecule has 1 nitrogen and oxygen atoms in total. The summed E-state index contributed by atoms with van der Waals surface area (Å²) in [5, 5.41) is 3.26. The zero-order valence-corrected chi connectivity index (χ0v) is 12.4. The molecule has 2 aromatic carbocycles. The van der Waals surface area contributed by atoms with Crippen LogP contribution in [0.3, 0.4) is 0 Å². The molecular weight excluding hydrogens is 336 g/mol. The topological polar surface area (TPSA) is 12.0 Å². The van der Waals surface area contributed by atoms with E-state index in [2.05, 4.69) is 21.2 Å². The van der Waals surface area contributed by atoms with Crippen molar-refractivity contribution in [1.29, 1.82) is 0 Å². The van der Waals surface area contributed by atoms with Gasteiger partial charge in [-0.1, -0.05) is 29.8 Å². The Bertz CT molecular complexity index is 604. The number of rotatable bonds is 3. The summed E-state index contributed by atoms with van der Waals surface area (Å²) in [6.45, 7) is 0. The zero-order chi connectivity index (χ0) is 14.0. The van der Waals surface area contributed by atoms with Gasteiger partial charge in [0.2, 0.25) is 0 Å². The molecule has 1 N–H and O–H groups in total. The number of benzene rings is 2. The van der Waals surface area contributed by atoms with Crippen molar-refractivity contribution in [1.82, 2.24) is 5.32 Å². The van der Waals surface area contributed by atoms with Crippen LogP contribution in [0.25, 0.3) is 0 Å². The Hall–Kier alpha value is -0.970. The predicted molar refractivity (Wildman–Crippen MR) is 76.4 cm³/mol. The van der Waals surface area contributed by atoms with E-state index in [1.165, 1.54) is 12.1 Å². The standard InChI is InChI=1S/C14H11BrClF2N/c1-19-14(9-6-5-8(17)7-12(9)16)10-3-2-4-11(15)13(10)18/h2-7,14,19H,1H3. The Morgan fingerprint density at radius 3 is 2.53 bits per heavy atom. The van der Waals surface area contributed by atoms with Crippen molar-refractivity contribution in [3.05, 3.63) is 68.7 Å². The van der Waals surface area contributed by atoms with Gasteiger partial charge in [-0.2, -0.15) is 0 Å². The molecule has 1 atom stereocenters. The fourth-order valence-corrected chi connectivity index (χ4v) is 2.62. The van der Waals surface area contributed by atoms with E-state index in [1.807, 2.05) is 0 Å². The van der Waals surface area contributed by atoms with E-state index < -0.39 is 11.9 Å². The van der Waals surface area contributed by atoms with Crippen LogP contribution in [0.5, 0.6) is 0 Å². The van der Waals surface area contributed by atoms with Crippen LogP contribution in [0, 0.1) is 11.6 Å². The molecule has 100 valence electrons. The number of halogens is 4. The molecule has 0 amide bonds. The van der Waals surface area contributed by atoms with Gasteiger partial charge in [0.05, 0.1) is 10.5 Å². The molecule has 19 heavy (non-hydrogen) atoms. The monoisotopic (exact) mass is 345 g/mol. The molecule has 5 heteroatoms. The van der Waals surface area contributed by atoms with Crippen LogP contribution in [-0.4, -0.2) is 7.05 Å². The summed E-state index contributed by atoms with van der Waals surface area (Å²) in [6, 6.07) is 8.67. The first kappa shape index (κ1) is 14.4. The van der Waals surface area contributed by atoms with E-state index in [0.717, 1.165) is 0 Å². The average molecular weight is 347 g/mol. The summed E-state index contributed by atoms with van der Waals surface area (Å²) in [5.41, 5.74) is 1.08. The highest BCUT2D eigenvalue weighted by Crippen LogP contribution is 2.32. The van der Waals surface area contributed by atoms with Gasteiger partial charge in [-0.25, -0.2) is 8.78 Å². The summed E-state index contributed by atoms with van der Waals surface area (Å²) in [7, 11) is 1.70. The maximum absolute atomic E-state index is 14.1. The quantitative estimate of drug-likeness (QED) is 0.850. The van der Waals surface area contributed by atoms with E-state index in [4.69, 9.17) is 11.6 Å². The molecule has 0 heterocycles. The molecule has 2 rings (SSSR count). The highest BCUT2D eigenvalue weighted by molar-refractivity contribution is 9.10. The van der Waals surface area contributed by atoms with Crippen LogP contribution < -0.4 is 5.32 Å². The van der Waals surface area contributed by atoms with Crippen molar-refractivity contribution in [2.45, 2.75) is 6.04 Å². The molecule has 0 aliphatic heterocycles. The molecule has 2 aromatic rings. The van der Waals surface area contributed by atoms with Gasteiger partial charge in [0.25, 0.3) is 0 Å². The average Bonchev–Trinajstić information content (AvgIpc) is 2.37. The van der Waals surface area contributed by atoms with Crippen molar-refractivity contribution < 1.29 is 8.78 Å². The normalized spacial score (nSPS) is 12.5. The second-order valence-electron chi connectivity index (χ2n) is 4.03. The molecule has 1 unspecified atom stereocenters. The first-order valence-corrected chi connectivity index (χ1v) is 6.77. The number of hydrogen-bond acceptors (Lipinski definition) is 1. The maximum atomic E-state index is 14.1. The van der Waals surface area contributed by atoms with E-state index in [-0.39, 0.29) is 10.8 Å². The summed E-state index contributed by atoms with van der Waals surface area (Å²) in [4.78, 5) is 0. The molecule has 0 aliphatic carbocycles. The molecule has 0 saturated heterocycles. The minimum absolute atomic E-state index is 0.263. The van der Waals surface area contributed by atoms with E-state index in [0.29, 0.717) is 15.6 Å². The lowest BCUT2D eigenvalue weighted by Gasteiger charge is -2.19. The molecule has 0 aliphatic rings. The van der Waals surface area contributed by atoms with Crippen molar-refractivity contribution in [3.63, 3.8) is 0 Å². The molecule has 0 radical (unpaired) electrons. The number of hydrogen-bond donors (Lipinski definition) is 1. The van der Waals surface area contributed by atoms with Crippen LogP contribution in [-0.2, 0) is 0 Å². The summed E-state index contributed by atoms with van der Waals surface area (Å²) in [6.07, 6.45) is 0. The zero-order valence-electron chi connectivity index (χ0n) is 10.1. The highest BCUT2D eigenvalue weighted by Gasteiger charge is 2.20. The van der Waals surface area contributed by atoms with Gasteiger partial charge in [-0.3, -0.25) is 0 Å². The van der Waals surface area contributed by atoms with Gasteiger partial charge in [-0.15, -0.1) is 0 Å². The second-order valence-corrected chi connectivity index (χ2v) is 5.29. The Labute approximate surface area is 123 Å². The van der Waals surface area contributed by atoms with Gasteiger partial charge in [0.15, 0.2) is 0 Å². The first-order valence-electron chi connectivity index (χ1n) is 5.60. The van der Waals surface area contributed by atoms with Crippen LogP contribution in [0.15, 0.2) is 40.9 Å². The lowest BCUT2D eigenvalue weighted by molar-refractivity contribution is 0.570. The van der Waals surface area contributed by atoms with E-state index in [1.54, 1.807) is 31.3 Å². The van der Waals surface area contributed by atoms with Gasteiger partial charge in [-0.05, 0) is 46.7 Å². The Morgan fingerprint density at radius 1 is 1.16 bits per heavy atom. The van der Waals surface area contributed by atoms with E-state index >= 15 is 0 Å². The van der Waals surface area contributed by atoms with Gasteiger partial charge < -0.3 is 5.32 Å². The number of nitrogens with one attached hydrogen (secondary N) is 1. The summed E-state index contributed by atoms with van der Waals surface area (Å²) >= 11 is 9.18. The van der Waals surface area contributed by atoms with Gasteiger partial charge >= 0.3 is 0 Å². The SMILES string of the molecule is CNC(c1ccc(F)cc1Cl)c1cccc(Br)c1F. The van der Waals surface area contributed by atoms with Crippen molar-refractivity contribution in [2.24, 2.45) is 0 Å². The predicted octanol–water partition coefficient (Wildman–Crippen LogP) is 4.69. The third-order valence-corrected chi connectivity index (χ3v) is 3.79. The summed E-state index contributed by atoms with van der Waals surface area (Å²) in [5.74, 6) is -0.777. The fraction of sp³-hybridized carbons (Fsp3) is 0.143. The third-order valence-electron chi connectivity index (χ3n) is 2.85.